The van der Waals surface area contributed by atoms with E-state index in [1.54, 1.807) is 6.33 Å². The third-order valence-electron chi connectivity index (χ3n) is 3.56. The molecule has 0 amide bonds. The average Bonchev–Trinajstić information content (AvgIpc) is 2.93. The summed E-state index contributed by atoms with van der Waals surface area (Å²) in [7, 11) is 0. The molecule has 1 aliphatic heterocycles. The highest BCUT2D eigenvalue weighted by Gasteiger charge is 2.21. The van der Waals surface area contributed by atoms with Gasteiger partial charge in [0.25, 0.3) is 0 Å². The molecule has 0 saturated carbocycles. The fourth-order valence-corrected chi connectivity index (χ4v) is 2.54. The Kier molecular flexibility index (Phi) is 4.08. The highest BCUT2D eigenvalue weighted by molar-refractivity contribution is 5.30. The van der Waals surface area contributed by atoms with E-state index in [2.05, 4.69) is 46.6 Å². The molecule has 0 saturated heterocycles. The summed E-state index contributed by atoms with van der Waals surface area (Å²) in [4.78, 5) is 4.31. The molecule has 5 heteroatoms. The molecular formula is C15H20N4O. The largest absolute Gasteiger partial charge is 0.371 e. The van der Waals surface area contributed by atoms with Gasteiger partial charge in [-0.25, -0.2) is 9.67 Å². The summed E-state index contributed by atoms with van der Waals surface area (Å²) < 4.78 is 7.77. The quantitative estimate of drug-likeness (QED) is 0.900. The minimum absolute atomic E-state index is 0.0774. The van der Waals surface area contributed by atoms with E-state index in [4.69, 9.17) is 4.74 Å². The third kappa shape index (κ3) is 2.89. The fraction of sp³-hybridized carbons (Fsp3) is 0.467. The van der Waals surface area contributed by atoms with Crippen LogP contribution in [0.15, 0.2) is 30.6 Å². The number of fused-ring (bicyclic) bond motifs is 1. The Morgan fingerprint density at radius 1 is 1.40 bits per heavy atom. The summed E-state index contributed by atoms with van der Waals surface area (Å²) in [6.07, 6.45) is 2.86. The van der Waals surface area contributed by atoms with Gasteiger partial charge in [-0.05, 0) is 24.1 Å². The van der Waals surface area contributed by atoms with Gasteiger partial charge in [0.1, 0.15) is 12.4 Å². The Morgan fingerprint density at radius 3 is 3.20 bits per heavy atom. The van der Waals surface area contributed by atoms with Gasteiger partial charge in [-0.3, -0.25) is 0 Å². The lowest BCUT2D eigenvalue weighted by atomic mass is 9.98. The number of nitrogens with zero attached hydrogens (tertiary/aromatic N) is 3. The van der Waals surface area contributed by atoms with Gasteiger partial charge in [-0.2, -0.15) is 5.10 Å². The second kappa shape index (κ2) is 6.15. The SMILES string of the molecule is CCNCc1ncn(CC2OCCc3ccccc32)n1. The number of aromatic nitrogens is 3. The lowest BCUT2D eigenvalue weighted by Crippen LogP contribution is -2.21. The zero-order valence-corrected chi connectivity index (χ0v) is 11.7. The predicted octanol–water partition coefficient (Wildman–Crippen LogP) is 1.70. The molecule has 0 radical (unpaired) electrons. The number of rotatable bonds is 5. The van der Waals surface area contributed by atoms with Crippen LogP contribution in [0, 0.1) is 0 Å². The first-order valence-corrected chi connectivity index (χ1v) is 7.15. The van der Waals surface area contributed by atoms with Gasteiger partial charge in [0.15, 0.2) is 5.82 Å². The number of nitrogens with one attached hydrogen (secondary N) is 1. The summed E-state index contributed by atoms with van der Waals surface area (Å²) in [5, 5.41) is 7.71. The standard InChI is InChI=1S/C15H20N4O/c1-2-16-9-15-17-11-19(18-15)10-14-13-6-4-3-5-12(13)7-8-20-14/h3-6,11,14,16H,2,7-10H2,1H3. The number of hydrogen-bond donors (Lipinski definition) is 1. The van der Waals surface area contributed by atoms with Gasteiger partial charge in [-0.1, -0.05) is 31.2 Å². The van der Waals surface area contributed by atoms with Crippen LogP contribution in [0.5, 0.6) is 0 Å². The zero-order chi connectivity index (χ0) is 13.8. The molecule has 1 unspecified atom stereocenters. The summed E-state index contributed by atoms with van der Waals surface area (Å²) in [6.45, 7) is 5.21. The van der Waals surface area contributed by atoms with E-state index in [1.807, 2.05) is 4.68 Å². The Morgan fingerprint density at radius 2 is 2.30 bits per heavy atom. The monoisotopic (exact) mass is 272 g/mol. The van der Waals surface area contributed by atoms with Crippen LogP contribution < -0.4 is 5.32 Å². The van der Waals surface area contributed by atoms with Gasteiger partial charge in [0.2, 0.25) is 0 Å². The topological polar surface area (TPSA) is 52.0 Å². The lowest BCUT2D eigenvalue weighted by molar-refractivity contribution is 0.0281. The molecule has 1 aromatic heterocycles. The van der Waals surface area contributed by atoms with E-state index in [-0.39, 0.29) is 6.10 Å². The van der Waals surface area contributed by atoms with Crippen LogP contribution in [-0.2, 0) is 24.2 Å². The lowest BCUT2D eigenvalue weighted by Gasteiger charge is -2.25. The molecule has 0 bridgehead atoms. The van der Waals surface area contributed by atoms with Gasteiger partial charge < -0.3 is 10.1 Å². The first-order chi connectivity index (χ1) is 9.86. The molecule has 1 aromatic carbocycles. The molecule has 0 fully saturated rings. The molecule has 2 heterocycles. The van der Waals surface area contributed by atoms with Crippen LogP contribution in [0.2, 0.25) is 0 Å². The van der Waals surface area contributed by atoms with Crippen LogP contribution in [0.1, 0.15) is 30.0 Å². The van der Waals surface area contributed by atoms with E-state index < -0.39 is 0 Å². The molecule has 1 N–H and O–H groups in total. The summed E-state index contributed by atoms with van der Waals surface area (Å²) in [5.74, 6) is 0.830. The van der Waals surface area contributed by atoms with Crippen molar-refractivity contribution in [2.45, 2.75) is 32.5 Å². The molecule has 5 nitrogen and oxygen atoms in total. The first kappa shape index (κ1) is 13.3. The minimum atomic E-state index is 0.0774. The van der Waals surface area contributed by atoms with Gasteiger partial charge in [-0.15, -0.1) is 0 Å². The highest BCUT2D eigenvalue weighted by Crippen LogP contribution is 2.27. The molecule has 0 aliphatic carbocycles. The Labute approximate surface area is 119 Å². The molecule has 1 atom stereocenters. The second-order valence-corrected chi connectivity index (χ2v) is 4.97. The van der Waals surface area contributed by atoms with E-state index in [0.29, 0.717) is 6.54 Å². The van der Waals surface area contributed by atoms with E-state index in [0.717, 1.165) is 31.9 Å². The van der Waals surface area contributed by atoms with E-state index in [1.165, 1.54) is 11.1 Å². The van der Waals surface area contributed by atoms with Crippen molar-refractivity contribution in [1.82, 2.24) is 20.1 Å². The number of hydrogen-bond acceptors (Lipinski definition) is 4. The molecule has 2 aromatic rings. The van der Waals surface area contributed by atoms with Gasteiger partial charge >= 0.3 is 0 Å². The summed E-state index contributed by atoms with van der Waals surface area (Å²) in [6, 6.07) is 8.49. The zero-order valence-electron chi connectivity index (χ0n) is 11.7. The second-order valence-electron chi connectivity index (χ2n) is 4.97. The van der Waals surface area contributed by atoms with Crippen molar-refractivity contribution >= 4 is 0 Å². The molecular weight excluding hydrogens is 252 g/mol. The van der Waals surface area contributed by atoms with Crippen LogP contribution in [0.25, 0.3) is 0 Å². The Bertz CT molecular complexity index is 567. The molecule has 3 rings (SSSR count). The van der Waals surface area contributed by atoms with Crippen molar-refractivity contribution in [1.29, 1.82) is 0 Å². The van der Waals surface area contributed by atoms with Crippen molar-refractivity contribution in [2.24, 2.45) is 0 Å². The average molecular weight is 272 g/mol. The maximum absolute atomic E-state index is 5.89. The predicted molar refractivity (Wildman–Crippen MR) is 76.2 cm³/mol. The third-order valence-corrected chi connectivity index (χ3v) is 3.56. The summed E-state index contributed by atoms with van der Waals surface area (Å²) >= 11 is 0. The van der Waals surface area contributed by atoms with Crippen LogP contribution in [0.4, 0.5) is 0 Å². The van der Waals surface area contributed by atoms with Crippen molar-refractivity contribution in [2.75, 3.05) is 13.2 Å². The van der Waals surface area contributed by atoms with Crippen molar-refractivity contribution in [3.63, 3.8) is 0 Å². The summed E-state index contributed by atoms with van der Waals surface area (Å²) in [5.41, 5.74) is 2.67. The highest BCUT2D eigenvalue weighted by atomic mass is 16.5. The van der Waals surface area contributed by atoms with Gasteiger partial charge in [0.05, 0.1) is 19.7 Å². The molecule has 1 aliphatic rings. The first-order valence-electron chi connectivity index (χ1n) is 7.15. The van der Waals surface area contributed by atoms with Crippen molar-refractivity contribution < 1.29 is 4.74 Å². The van der Waals surface area contributed by atoms with Crippen LogP contribution >= 0.6 is 0 Å². The maximum atomic E-state index is 5.89. The van der Waals surface area contributed by atoms with Gasteiger partial charge in [0, 0.05) is 0 Å². The van der Waals surface area contributed by atoms with E-state index >= 15 is 0 Å². The normalized spacial score (nSPS) is 17.9. The fourth-order valence-electron chi connectivity index (χ4n) is 2.54. The Hall–Kier alpha value is -1.72. The van der Waals surface area contributed by atoms with Crippen molar-refractivity contribution in [3.05, 3.63) is 47.5 Å². The molecule has 20 heavy (non-hydrogen) atoms. The smallest absolute Gasteiger partial charge is 0.164 e. The van der Waals surface area contributed by atoms with Crippen LogP contribution in [0.3, 0.4) is 0 Å². The van der Waals surface area contributed by atoms with Crippen molar-refractivity contribution in [3.8, 4) is 0 Å². The number of ether oxygens (including phenoxy) is 1. The molecule has 0 spiro atoms. The maximum Gasteiger partial charge on any atom is 0.164 e. The van der Waals surface area contributed by atoms with Crippen LogP contribution in [-0.4, -0.2) is 27.9 Å². The molecule has 106 valence electrons. The number of benzene rings is 1. The minimum Gasteiger partial charge on any atom is -0.371 e. The Balaban J connectivity index is 1.71. The van der Waals surface area contributed by atoms with E-state index in [9.17, 15) is 0 Å².